The Labute approximate surface area is 179 Å². The molecule has 32 heavy (non-hydrogen) atoms. The van der Waals surface area contributed by atoms with Gasteiger partial charge in [-0.15, -0.1) is 0 Å². The quantitative estimate of drug-likeness (QED) is 0.680. The molecule has 0 spiro atoms. The summed E-state index contributed by atoms with van der Waals surface area (Å²) >= 11 is 0. The Hall–Kier alpha value is -3.03. The molecule has 2 aromatic heterocycles. The molecule has 3 unspecified atom stereocenters. The number of fused-ring (bicyclic) bond motifs is 1. The van der Waals surface area contributed by atoms with Gasteiger partial charge in [0.25, 0.3) is 11.8 Å². The maximum absolute atomic E-state index is 13.3. The topological polar surface area (TPSA) is 121 Å². The van der Waals surface area contributed by atoms with Crippen LogP contribution in [0.3, 0.4) is 0 Å². The monoisotopic (exact) mass is 455 g/mol. The summed E-state index contributed by atoms with van der Waals surface area (Å²) in [5.41, 5.74) is -0.425. The van der Waals surface area contributed by atoms with Gasteiger partial charge in [0.05, 0.1) is 31.0 Å². The molecule has 3 atom stereocenters. The Kier molecular flexibility index (Phi) is 5.43. The number of anilines is 2. The first-order valence-electron chi connectivity index (χ1n) is 9.66. The van der Waals surface area contributed by atoms with Crippen molar-refractivity contribution >= 4 is 23.5 Å². The van der Waals surface area contributed by atoms with E-state index in [4.69, 9.17) is 4.74 Å². The smallest absolute Gasteiger partial charge is 0.387 e. The van der Waals surface area contributed by atoms with Crippen molar-refractivity contribution in [2.75, 3.05) is 23.5 Å². The van der Waals surface area contributed by atoms with Crippen molar-refractivity contribution in [3.8, 4) is 0 Å². The van der Waals surface area contributed by atoms with Crippen LogP contribution in [0.4, 0.5) is 24.8 Å². The van der Waals surface area contributed by atoms with E-state index in [1.54, 1.807) is 10.7 Å². The second-order valence-corrected chi connectivity index (χ2v) is 7.61. The highest BCUT2D eigenvalue weighted by atomic mass is 19.4. The zero-order chi connectivity index (χ0) is 23.4. The zero-order valence-corrected chi connectivity index (χ0v) is 17.1. The van der Waals surface area contributed by atoms with Crippen molar-refractivity contribution in [3.05, 3.63) is 35.2 Å². The minimum Gasteiger partial charge on any atom is -0.387 e. The second-order valence-electron chi connectivity index (χ2n) is 7.61. The Balaban J connectivity index is 1.71. The third kappa shape index (κ3) is 3.72. The number of hydrogen-bond donors (Lipinski definition) is 2. The average molecular weight is 455 g/mol. The summed E-state index contributed by atoms with van der Waals surface area (Å²) in [7, 11) is 1.35. The fraction of sp³-hybridized carbons (Fsp3) is 0.474. The third-order valence-electron chi connectivity index (χ3n) is 5.40. The number of pyridine rings is 1. The van der Waals surface area contributed by atoms with Crippen LogP contribution in [-0.2, 0) is 33.7 Å². The van der Waals surface area contributed by atoms with Gasteiger partial charge < -0.3 is 14.9 Å². The standard InChI is InChI=1S/C19H20F3N5O5/c1-9-5-10(19(20,21)22)6-12(23-9)27-14(15(28)16(29)18(27)31)17(30)25(2)13-7-11-8-32-4-3-26(11)24-13/h5-7,14-16,28-29H,3-4,8H2,1-2H3. The van der Waals surface area contributed by atoms with Crippen molar-refractivity contribution in [1.82, 2.24) is 14.8 Å². The number of likely N-dealkylation sites (N-methyl/N-ethyl adjacent to an activating group) is 1. The highest BCUT2D eigenvalue weighted by Crippen LogP contribution is 2.34. The zero-order valence-electron chi connectivity index (χ0n) is 17.1. The largest absolute Gasteiger partial charge is 0.416 e. The van der Waals surface area contributed by atoms with E-state index in [1.165, 1.54) is 14.0 Å². The Bertz CT molecular complexity index is 1050. The van der Waals surface area contributed by atoms with E-state index in [-0.39, 0.29) is 18.1 Å². The summed E-state index contributed by atoms with van der Waals surface area (Å²) in [5, 5.41) is 24.8. The number of amides is 2. The van der Waals surface area contributed by atoms with E-state index in [1.807, 2.05) is 0 Å². The Morgan fingerprint density at radius 3 is 2.66 bits per heavy atom. The molecule has 2 aliphatic heterocycles. The van der Waals surface area contributed by atoms with Crippen molar-refractivity contribution in [2.24, 2.45) is 0 Å². The fourth-order valence-corrected chi connectivity index (χ4v) is 3.75. The van der Waals surface area contributed by atoms with Gasteiger partial charge in [0, 0.05) is 18.8 Å². The van der Waals surface area contributed by atoms with Gasteiger partial charge in [0.15, 0.2) is 11.9 Å². The van der Waals surface area contributed by atoms with Gasteiger partial charge in [-0.25, -0.2) is 4.98 Å². The van der Waals surface area contributed by atoms with E-state index in [0.29, 0.717) is 29.8 Å². The number of carbonyl (C=O) groups excluding carboxylic acids is 2. The Morgan fingerprint density at radius 2 is 2.00 bits per heavy atom. The minimum atomic E-state index is -4.73. The van der Waals surface area contributed by atoms with Crippen LogP contribution >= 0.6 is 0 Å². The molecule has 2 aromatic rings. The maximum atomic E-state index is 13.3. The molecule has 1 fully saturated rings. The molecule has 10 nitrogen and oxygen atoms in total. The number of hydrogen-bond acceptors (Lipinski definition) is 7. The van der Waals surface area contributed by atoms with Gasteiger partial charge in [-0.05, 0) is 19.1 Å². The minimum absolute atomic E-state index is 0.0557. The van der Waals surface area contributed by atoms with Gasteiger partial charge in [-0.2, -0.15) is 18.3 Å². The molecule has 4 rings (SSSR count). The van der Waals surface area contributed by atoms with Crippen LogP contribution in [0.15, 0.2) is 18.2 Å². The predicted molar refractivity (Wildman–Crippen MR) is 103 cm³/mol. The van der Waals surface area contributed by atoms with Crippen molar-refractivity contribution in [2.45, 2.75) is 44.5 Å². The number of ether oxygens (including phenoxy) is 1. The van der Waals surface area contributed by atoms with E-state index < -0.39 is 47.6 Å². The summed E-state index contributed by atoms with van der Waals surface area (Å²) in [6.45, 7) is 2.51. The van der Waals surface area contributed by atoms with Crippen molar-refractivity contribution in [3.63, 3.8) is 0 Å². The van der Waals surface area contributed by atoms with E-state index in [9.17, 15) is 33.0 Å². The Morgan fingerprint density at radius 1 is 1.28 bits per heavy atom. The number of aliphatic hydroxyl groups excluding tert-OH is 2. The lowest BCUT2D eigenvalue weighted by molar-refractivity contribution is -0.137. The van der Waals surface area contributed by atoms with E-state index in [2.05, 4.69) is 10.1 Å². The molecule has 2 amide bonds. The van der Waals surface area contributed by atoms with Gasteiger partial charge in [-0.3, -0.25) is 24.1 Å². The number of aryl methyl sites for hydroxylation is 1. The molecule has 2 aliphatic rings. The van der Waals surface area contributed by atoms with E-state index in [0.717, 1.165) is 11.0 Å². The molecule has 2 N–H and O–H groups in total. The van der Waals surface area contributed by atoms with Crippen LogP contribution in [0.25, 0.3) is 0 Å². The highest BCUT2D eigenvalue weighted by molar-refractivity contribution is 6.10. The lowest BCUT2D eigenvalue weighted by Crippen LogP contribution is -2.50. The number of rotatable bonds is 3. The van der Waals surface area contributed by atoms with Gasteiger partial charge >= 0.3 is 6.18 Å². The molecule has 1 saturated heterocycles. The highest BCUT2D eigenvalue weighted by Gasteiger charge is 2.53. The first-order valence-corrected chi connectivity index (χ1v) is 9.66. The SMILES string of the molecule is Cc1cc(C(F)(F)F)cc(N2C(=O)C(O)C(O)C2C(=O)N(C)c2cc3n(n2)CCOC3)n1. The molecule has 0 aromatic carbocycles. The molecule has 4 heterocycles. The summed E-state index contributed by atoms with van der Waals surface area (Å²) in [5.74, 6) is -2.28. The van der Waals surface area contributed by atoms with Gasteiger partial charge in [0.2, 0.25) is 0 Å². The summed E-state index contributed by atoms with van der Waals surface area (Å²) in [6.07, 6.45) is -8.61. The summed E-state index contributed by atoms with van der Waals surface area (Å²) in [4.78, 5) is 31.5. The second kappa shape index (κ2) is 7.83. The number of aliphatic hydroxyl groups is 2. The molecule has 0 saturated carbocycles. The van der Waals surface area contributed by atoms with E-state index >= 15 is 0 Å². The van der Waals surface area contributed by atoms with Crippen molar-refractivity contribution < 1.29 is 37.7 Å². The number of alkyl halides is 3. The van der Waals surface area contributed by atoms with Crippen LogP contribution in [0.5, 0.6) is 0 Å². The molecular weight excluding hydrogens is 435 g/mol. The fourth-order valence-electron chi connectivity index (χ4n) is 3.75. The summed E-state index contributed by atoms with van der Waals surface area (Å²) < 4.78 is 46.8. The number of halogens is 3. The lowest BCUT2D eigenvalue weighted by atomic mass is 10.1. The molecule has 0 radical (unpaired) electrons. The van der Waals surface area contributed by atoms with Crippen LogP contribution in [0.2, 0.25) is 0 Å². The van der Waals surface area contributed by atoms with Crippen LogP contribution < -0.4 is 9.80 Å². The maximum Gasteiger partial charge on any atom is 0.416 e. The third-order valence-corrected chi connectivity index (χ3v) is 5.40. The average Bonchev–Trinajstić information content (AvgIpc) is 3.26. The van der Waals surface area contributed by atoms with Gasteiger partial charge in [-0.1, -0.05) is 0 Å². The molecule has 0 bridgehead atoms. The normalized spacial score (nSPS) is 23.4. The first-order chi connectivity index (χ1) is 15.0. The molecule has 13 heteroatoms. The lowest BCUT2D eigenvalue weighted by Gasteiger charge is -2.28. The number of nitrogens with zero attached hydrogens (tertiary/aromatic N) is 5. The van der Waals surface area contributed by atoms with Gasteiger partial charge in [0.1, 0.15) is 18.0 Å². The predicted octanol–water partition coefficient (Wildman–Crippen LogP) is 0.236. The molecular formula is C19H20F3N5O5. The molecule has 172 valence electrons. The number of carbonyl (C=O) groups is 2. The van der Waals surface area contributed by atoms with Crippen LogP contribution in [-0.4, -0.2) is 68.7 Å². The number of aromatic nitrogens is 3. The van der Waals surface area contributed by atoms with Crippen LogP contribution in [0.1, 0.15) is 17.0 Å². The molecule has 0 aliphatic carbocycles. The van der Waals surface area contributed by atoms with Crippen LogP contribution in [0, 0.1) is 6.92 Å². The van der Waals surface area contributed by atoms with Crippen molar-refractivity contribution in [1.29, 1.82) is 0 Å². The first kappa shape index (κ1) is 22.2. The summed E-state index contributed by atoms with van der Waals surface area (Å²) in [6, 6.07) is 1.28.